The minimum Gasteiger partial charge on any atom is -0.508 e. The van der Waals surface area contributed by atoms with Gasteiger partial charge in [-0.15, -0.1) is 0 Å². The van der Waals surface area contributed by atoms with E-state index in [2.05, 4.69) is 10.6 Å². The number of hydrogen-bond donors (Lipinski definition) is 3. The number of phenols is 1. The summed E-state index contributed by atoms with van der Waals surface area (Å²) in [4.78, 5) is 11.9. The second kappa shape index (κ2) is 4.59. The summed E-state index contributed by atoms with van der Waals surface area (Å²) in [6.45, 7) is 5.23. The van der Waals surface area contributed by atoms with Crippen molar-refractivity contribution in [1.29, 1.82) is 0 Å². The molecular weight excluding hydrogens is 216 g/mol. The minimum absolute atomic E-state index is 0.0772. The summed E-state index contributed by atoms with van der Waals surface area (Å²) in [7, 11) is 0. The molecule has 0 spiro atoms. The first-order chi connectivity index (χ1) is 8.08. The van der Waals surface area contributed by atoms with Crippen LogP contribution in [0.4, 0.5) is 5.69 Å². The van der Waals surface area contributed by atoms with Gasteiger partial charge in [-0.05, 0) is 43.2 Å². The van der Waals surface area contributed by atoms with E-state index in [1.54, 1.807) is 25.1 Å². The van der Waals surface area contributed by atoms with Crippen LogP contribution in [0.25, 0.3) is 0 Å². The summed E-state index contributed by atoms with van der Waals surface area (Å²) in [6, 6.07) is 5.03. The number of rotatable bonds is 2. The van der Waals surface area contributed by atoms with Gasteiger partial charge in [0.2, 0.25) is 0 Å². The van der Waals surface area contributed by atoms with E-state index in [-0.39, 0.29) is 11.7 Å². The average Bonchev–Trinajstić information content (AvgIpc) is 2.21. The van der Waals surface area contributed by atoms with Crippen molar-refractivity contribution in [2.24, 2.45) is 0 Å². The van der Waals surface area contributed by atoms with Crippen LogP contribution in [-0.4, -0.2) is 24.1 Å². The summed E-state index contributed by atoms with van der Waals surface area (Å²) in [5.74, 6) is 0.160. The van der Waals surface area contributed by atoms with Gasteiger partial charge in [0.1, 0.15) is 5.75 Å². The van der Waals surface area contributed by atoms with Crippen LogP contribution >= 0.6 is 0 Å². The molecule has 0 unspecified atom stereocenters. The summed E-state index contributed by atoms with van der Waals surface area (Å²) < 4.78 is 0. The van der Waals surface area contributed by atoms with Crippen molar-refractivity contribution < 1.29 is 9.90 Å². The number of aryl methyl sites for hydroxylation is 1. The van der Waals surface area contributed by atoms with E-state index < -0.39 is 0 Å². The Morgan fingerprint density at radius 1 is 1.41 bits per heavy atom. The summed E-state index contributed by atoms with van der Waals surface area (Å²) in [5, 5.41) is 15.3. The molecule has 0 aliphatic carbocycles. The zero-order valence-electron chi connectivity index (χ0n) is 10.0. The lowest BCUT2D eigenvalue weighted by atomic mass is 10.0. The molecule has 0 saturated carbocycles. The molecule has 1 aromatic carbocycles. The zero-order valence-corrected chi connectivity index (χ0v) is 10.0. The number of aromatic hydroxyl groups is 1. The third kappa shape index (κ3) is 2.47. The number of anilines is 1. The van der Waals surface area contributed by atoms with Gasteiger partial charge in [-0.1, -0.05) is 0 Å². The smallest absolute Gasteiger partial charge is 0.251 e. The molecule has 1 fully saturated rings. The number of amides is 1. The highest BCUT2D eigenvalue weighted by Crippen LogP contribution is 2.21. The van der Waals surface area contributed by atoms with Gasteiger partial charge in [-0.25, -0.2) is 0 Å². The first-order valence-corrected chi connectivity index (χ1v) is 5.58. The number of carbonyl (C=O) groups excluding carboxylic acids is 1. The van der Waals surface area contributed by atoms with Crippen LogP contribution in [0.1, 0.15) is 12.5 Å². The molecule has 2 rings (SSSR count). The molecule has 17 heavy (non-hydrogen) atoms. The Hall–Kier alpha value is -1.81. The van der Waals surface area contributed by atoms with Crippen molar-refractivity contribution in [1.82, 2.24) is 5.32 Å². The minimum atomic E-state index is -0.0772. The Labute approximate surface area is 100 Å². The predicted molar refractivity (Wildman–Crippen MR) is 67.0 cm³/mol. The van der Waals surface area contributed by atoms with Crippen molar-refractivity contribution >= 4 is 11.6 Å². The van der Waals surface area contributed by atoms with Crippen LogP contribution in [0.3, 0.4) is 0 Å². The van der Waals surface area contributed by atoms with Crippen molar-refractivity contribution in [3.63, 3.8) is 0 Å². The molecular formula is C13H16N2O2. The molecule has 1 aromatic rings. The molecule has 0 radical (unpaired) electrons. The van der Waals surface area contributed by atoms with E-state index in [1.165, 1.54) is 0 Å². The normalized spacial score (nSPS) is 14.1. The van der Waals surface area contributed by atoms with Crippen molar-refractivity contribution in [2.75, 3.05) is 18.4 Å². The summed E-state index contributed by atoms with van der Waals surface area (Å²) >= 11 is 0. The Morgan fingerprint density at radius 2 is 2.12 bits per heavy atom. The number of phenolic OH excluding ortho intramolecular Hbond substituents is 1. The van der Waals surface area contributed by atoms with E-state index in [0.29, 0.717) is 5.69 Å². The predicted octanol–water partition coefficient (Wildman–Crippen LogP) is 1.56. The maximum Gasteiger partial charge on any atom is 0.251 e. The van der Waals surface area contributed by atoms with E-state index in [9.17, 15) is 9.90 Å². The molecule has 1 saturated heterocycles. The lowest BCUT2D eigenvalue weighted by Gasteiger charge is -2.21. The molecule has 4 nitrogen and oxygen atoms in total. The molecule has 90 valence electrons. The van der Waals surface area contributed by atoms with Gasteiger partial charge in [0, 0.05) is 24.4 Å². The number of benzene rings is 1. The van der Waals surface area contributed by atoms with E-state index >= 15 is 0 Å². The maximum atomic E-state index is 11.9. The second-order valence-corrected chi connectivity index (χ2v) is 4.29. The Bertz CT molecular complexity index is 486. The highest BCUT2D eigenvalue weighted by atomic mass is 16.3. The molecule has 0 bridgehead atoms. The third-order valence-electron chi connectivity index (χ3n) is 3.00. The lowest BCUT2D eigenvalue weighted by molar-refractivity contribution is -0.112. The van der Waals surface area contributed by atoms with Gasteiger partial charge in [0.25, 0.3) is 5.91 Å². The molecule has 4 heteroatoms. The van der Waals surface area contributed by atoms with Gasteiger partial charge < -0.3 is 15.7 Å². The topological polar surface area (TPSA) is 61.4 Å². The molecule has 0 aromatic heterocycles. The quantitative estimate of drug-likeness (QED) is 0.535. The van der Waals surface area contributed by atoms with Crippen LogP contribution in [0.2, 0.25) is 0 Å². The molecule has 1 amide bonds. The number of nitrogens with one attached hydrogen (secondary N) is 2. The van der Waals surface area contributed by atoms with Crippen LogP contribution in [0, 0.1) is 6.92 Å². The van der Waals surface area contributed by atoms with Crippen LogP contribution in [0.15, 0.2) is 29.3 Å². The van der Waals surface area contributed by atoms with Gasteiger partial charge in [-0.2, -0.15) is 0 Å². The van der Waals surface area contributed by atoms with E-state index in [0.717, 1.165) is 29.8 Å². The number of carbonyl (C=O) groups is 1. The van der Waals surface area contributed by atoms with Gasteiger partial charge in [-0.3, -0.25) is 4.79 Å². The Morgan fingerprint density at radius 3 is 2.65 bits per heavy atom. The monoisotopic (exact) mass is 232 g/mol. The standard InChI is InChI=1S/C13H16N2O2/c1-8-5-11(3-4-12(8)16)15-13(17)9(2)10-6-14-7-10/h3-5,14,16H,6-7H2,1-2H3,(H,15,17). The van der Waals surface area contributed by atoms with Gasteiger partial charge in [0.15, 0.2) is 0 Å². The fourth-order valence-corrected chi connectivity index (χ4v) is 1.63. The Kier molecular flexibility index (Phi) is 3.15. The van der Waals surface area contributed by atoms with E-state index in [4.69, 9.17) is 0 Å². The van der Waals surface area contributed by atoms with E-state index in [1.807, 2.05) is 6.92 Å². The van der Waals surface area contributed by atoms with Crippen LogP contribution in [-0.2, 0) is 4.79 Å². The summed E-state index contributed by atoms with van der Waals surface area (Å²) in [6.07, 6.45) is 0. The second-order valence-electron chi connectivity index (χ2n) is 4.29. The van der Waals surface area contributed by atoms with Crippen LogP contribution in [0.5, 0.6) is 5.75 Å². The largest absolute Gasteiger partial charge is 0.508 e. The van der Waals surface area contributed by atoms with Crippen molar-refractivity contribution in [3.05, 3.63) is 34.9 Å². The first-order valence-electron chi connectivity index (χ1n) is 5.58. The molecule has 1 aliphatic rings. The van der Waals surface area contributed by atoms with Gasteiger partial charge in [0.05, 0.1) is 0 Å². The number of hydrogen-bond acceptors (Lipinski definition) is 3. The molecule has 1 heterocycles. The van der Waals surface area contributed by atoms with Crippen molar-refractivity contribution in [2.45, 2.75) is 13.8 Å². The highest BCUT2D eigenvalue weighted by molar-refractivity contribution is 6.04. The van der Waals surface area contributed by atoms with Gasteiger partial charge >= 0.3 is 0 Å². The summed E-state index contributed by atoms with van der Waals surface area (Å²) in [5.41, 5.74) is 3.38. The van der Waals surface area contributed by atoms with Crippen molar-refractivity contribution in [3.8, 4) is 5.75 Å². The maximum absolute atomic E-state index is 11.9. The first kappa shape index (κ1) is 11.7. The SMILES string of the molecule is CC(C(=O)Nc1ccc(O)c(C)c1)=C1CNC1. The Balaban J connectivity index is 2.10. The van der Waals surface area contributed by atoms with Crippen LogP contribution < -0.4 is 10.6 Å². The molecule has 0 atom stereocenters. The third-order valence-corrected chi connectivity index (χ3v) is 3.00. The molecule has 3 N–H and O–H groups in total. The fraction of sp³-hybridized carbons (Fsp3) is 0.308. The fourth-order valence-electron chi connectivity index (χ4n) is 1.63. The average molecular weight is 232 g/mol. The molecule has 1 aliphatic heterocycles. The lowest BCUT2D eigenvalue weighted by Crippen LogP contribution is -2.36. The zero-order chi connectivity index (χ0) is 12.4. The highest BCUT2D eigenvalue weighted by Gasteiger charge is 2.16.